The fraction of sp³-hybridized carbons (Fsp3) is 0.462. The summed E-state index contributed by atoms with van der Waals surface area (Å²) in [6.45, 7) is 2.95. The number of aliphatic hydroxyl groups excluding tert-OH is 1. The van der Waals surface area contributed by atoms with Crippen molar-refractivity contribution in [2.75, 3.05) is 19.7 Å². The van der Waals surface area contributed by atoms with Crippen molar-refractivity contribution in [3.63, 3.8) is 0 Å². The van der Waals surface area contributed by atoms with Crippen LogP contribution in [0.3, 0.4) is 0 Å². The van der Waals surface area contributed by atoms with Crippen molar-refractivity contribution in [2.24, 2.45) is 0 Å². The summed E-state index contributed by atoms with van der Waals surface area (Å²) in [7, 11) is 0. The third-order valence-electron chi connectivity index (χ3n) is 2.92. The molecule has 1 fully saturated rings. The van der Waals surface area contributed by atoms with E-state index in [1.54, 1.807) is 4.90 Å². The van der Waals surface area contributed by atoms with Crippen LogP contribution in [0.15, 0.2) is 24.3 Å². The van der Waals surface area contributed by atoms with E-state index in [0.717, 1.165) is 17.7 Å². The Morgan fingerprint density at radius 3 is 2.82 bits per heavy atom. The maximum absolute atomic E-state index is 11.6. The highest BCUT2D eigenvalue weighted by Gasteiger charge is 2.28. The second-order valence-corrected chi connectivity index (χ2v) is 4.20. The van der Waals surface area contributed by atoms with Crippen molar-refractivity contribution in [1.82, 2.24) is 4.90 Å². The minimum Gasteiger partial charge on any atom is -0.483 e. The highest BCUT2D eigenvalue weighted by atomic mass is 16.5. The molecule has 4 nitrogen and oxygen atoms in total. The van der Waals surface area contributed by atoms with Crippen molar-refractivity contribution in [3.05, 3.63) is 29.8 Å². The topological polar surface area (TPSA) is 49.8 Å². The van der Waals surface area contributed by atoms with Crippen LogP contribution in [0.25, 0.3) is 0 Å². The van der Waals surface area contributed by atoms with Crippen molar-refractivity contribution in [2.45, 2.75) is 19.4 Å². The molecule has 0 unspecified atom stereocenters. The number of rotatable bonds is 4. The van der Waals surface area contributed by atoms with Crippen molar-refractivity contribution >= 4 is 5.91 Å². The molecule has 1 aromatic rings. The van der Waals surface area contributed by atoms with Gasteiger partial charge in [0, 0.05) is 13.1 Å². The summed E-state index contributed by atoms with van der Waals surface area (Å²) in [5.41, 5.74) is 1.10. The summed E-state index contributed by atoms with van der Waals surface area (Å²) in [5, 5.41) is 9.10. The standard InChI is InChI=1S/C13H17NO3/c1-2-10-5-3-4-6-12(10)17-9-13(16)14-7-11(15)8-14/h3-6,11,15H,2,7-9H2,1H3. The van der Waals surface area contributed by atoms with Crippen molar-refractivity contribution in [1.29, 1.82) is 0 Å². The molecule has 0 aromatic heterocycles. The molecule has 2 rings (SSSR count). The van der Waals surface area contributed by atoms with Crippen LogP contribution in [-0.2, 0) is 11.2 Å². The van der Waals surface area contributed by atoms with Gasteiger partial charge in [-0.1, -0.05) is 25.1 Å². The maximum atomic E-state index is 11.6. The molecule has 1 saturated heterocycles. The van der Waals surface area contributed by atoms with Gasteiger partial charge in [0.25, 0.3) is 5.91 Å². The molecular weight excluding hydrogens is 218 g/mol. The first-order valence-electron chi connectivity index (χ1n) is 5.87. The third kappa shape index (κ3) is 2.77. The van der Waals surface area contributed by atoms with Crippen molar-refractivity contribution < 1.29 is 14.6 Å². The summed E-state index contributed by atoms with van der Waals surface area (Å²) in [6.07, 6.45) is 0.522. The summed E-state index contributed by atoms with van der Waals surface area (Å²) in [5.74, 6) is 0.700. The van der Waals surface area contributed by atoms with E-state index in [-0.39, 0.29) is 18.6 Å². The number of hydrogen-bond acceptors (Lipinski definition) is 3. The molecule has 1 aliphatic rings. The molecule has 0 saturated carbocycles. The second-order valence-electron chi connectivity index (χ2n) is 4.20. The van der Waals surface area contributed by atoms with Crippen molar-refractivity contribution in [3.8, 4) is 5.75 Å². The van der Waals surface area contributed by atoms with E-state index in [9.17, 15) is 4.79 Å². The number of nitrogens with zero attached hydrogens (tertiary/aromatic N) is 1. The molecule has 4 heteroatoms. The lowest BCUT2D eigenvalue weighted by Crippen LogP contribution is -2.54. The van der Waals surface area contributed by atoms with Crippen LogP contribution in [0.1, 0.15) is 12.5 Å². The van der Waals surface area contributed by atoms with E-state index in [0.29, 0.717) is 13.1 Å². The van der Waals surface area contributed by atoms with E-state index < -0.39 is 0 Å². The lowest BCUT2D eigenvalue weighted by atomic mass is 10.1. The first-order valence-corrected chi connectivity index (χ1v) is 5.87. The molecule has 0 spiro atoms. The zero-order valence-corrected chi connectivity index (χ0v) is 9.93. The van der Waals surface area contributed by atoms with Gasteiger partial charge in [-0.25, -0.2) is 0 Å². The van der Waals surface area contributed by atoms with Crippen LogP contribution in [-0.4, -0.2) is 41.7 Å². The van der Waals surface area contributed by atoms with E-state index in [1.165, 1.54) is 0 Å². The van der Waals surface area contributed by atoms with Gasteiger partial charge in [0.1, 0.15) is 5.75 Å². The molecule has 1 heterocycles. The van der Waals surface area contributed by atoms with Gasteiger partial charge >= 0.3 is 0 Å². The Hall–Kier alpha value is -1.55. The van der Waals surface area contributed by atoms with Gasteiger partial charge in [0.05, 0.1) is 6.10 Å². The molecule has 1 aliphatic heterocycles. The molecule has 0 radical (unpaired) electrons. The van der Waals surface area contributed by atoms with Gasteiger partial charge in [0.15, 0.2) is 6.61 Å². The Labute approximate surface area is 101 Å². The van der Waals surface area contributed by atoms with Crippen LogP contribution in [0.2, 0.25) is 0 Å². The number of ether oxygens (including phenoxy) is 1. The molecule has 92 valence electrons. The summed E-state index contributed by atoms with van der Waals surface area (Å²) >= 11 is 0. The first kappa shape index (κ1) is 11.9. The number of aryl methyl sites for hydroxylation is 1. The normalized spacial score (nSPS) is 15.5. The summed E-state index contributed by atoms with van der Waals surface area (Å²) in [4.78, 5) is 13.2. The second kappa shape index (κ2) is 5.19. The molecule has 1 aromatic carbocycles. The van der Waals surface area contributed by atoms with Crippen LogP contribution in [0, 0.1) is 0 Å². The monoisotopic (exact) mass is 235 g/mol. The molecule has 1 amide bonds. The van der Waals surface area contributed by atoms with Gasteiger partial charge in [0.2, 0.25) is 0 Å². The number of hydrogen-bond donors (Lipinski definition) is 1. The fourth-order valence-electron chi connectivity index (χ4n) is 1.83. The van der Waals surface area contributed by atoms with E-state index in [4.69, 9.17) is 9.84 Å². The molecule has 1 N–H and O–H groups in total. The molecule has 0 atom stereocenters. The largest absolute Gasteiger partial charge is 0.483 e. The van der Waals surface area contributed by atoms with Gasteiger partial charge < -0.3 is 14.7 Å². The van der Waals surface area contributed by atoms with Gasteiger partial charge in [-0.2, -0.15) is 0 Å². The van der Waals surface area contributed by atoms with E-state index >= 15 is 0 Å². The van der Waals surface area contributed by atoms with Gasteiger partial charge in [-0.05, 0) is 18.1 Å². The molecule has 0 bridgehead atoms. The van der Waals surface area contributed by atoms with E-state index in [1.807, 2.05) is 24.3 Å². The van der Waals surface area contributed by atoms with Gasteiger partial charge in [-0.15, -0.1) is 0 Å². The zero-order valence-electron chi connectivity index (χ0n) is 9.93. The number of para-hydroxylation sites is 1. The van der Waals surface area contributed by atoms with Crippen LogP contribution < -0.4 is 4.74 Å². The predicted molar refractivity (Wildman–Crippen MR) is 63.9 cm³/mol. The lowest BCUT2D eigenvalue weighted by Gasteiger charge is -2.35. The Morgan fingerprint density at radius 2 is 2.18 bits per heavy atom. The number of likely N-dealkylation sites (tertiary alicyclic amines) is 1. The highest BCUT2D eigenvalue weighted by molar-refractivity contribution is 5.78. The first-order chi connectivity index (χ1) is 8.20. The number of carbonyl (C=O) groups is 1. The SMILES string of the molecule is CCc1ccccc1OCC(=O)N1CC(O)C1. The quantitative estimate of drug-likeness (QED) is 0.841. The average Bonchev–Trinajstić information content (AvgIpc) is 2.32. The number of aliphatic hydroxyl groups is 1. The van der Waals surface area contributed by atoms with Crippen LogP contribution in [0.4, 0.5) is 0 Å². The third-order valence-corrected chi connectivity index (χ3v) is 2.92. The number of amides is 1. The predicted octanol–water partition coefficient (Wildman–Crippen LogP) is 0.831. The molecular formula is C13H17NO3. The Kier molecular flexibility index (Phi) is 3.64. The highest BCUT2D eigenvalue weighted by Crippen LogP contribution is 2.18. The summed E-state index contributed by atoms with van der Waals surface area (Å²) in [6, 6.07) is 7.72. The Bertz CT molecular complexity index is 399. The van der Waals surface area contributed by atoms with Crippen LogP contribution >= 0.6 is 0 Å². The number of carbonyl (C=O) groups excluding carboxylic acids is 1. The Morgan fingerprint density at radius 1 is 1.47 bits per heavy atom. The smallest absolute Gasteiger partial charge is 0.260 e. The number of β-amino-alcohol motifs (C(OH)–C–C–N with tert-alkyl or cyclic N) is 1. The minimum absolute atomic E-state index is 0.0454. The van der Waals surface area contributed by atoms with E-state index in [2.05, 4.69) is 6.92 Å². The maximum Gasteiger partial charge on any atom is 0.260 e. The number of benzene rings is 1. The molecule has 17 heavy (non-hydrogen) atoms. The molecule has 0 aliphatic carbocycles. The minimum atomic E-state index is -0.359. The van der Waals surface area contributed by atoms with Gasteiger partial charge in [-0.3, -0.25) is 4.79 Å². The van der Waals surface area contributed by atoms with Crippen LogP contribution in [0.5, 0.6) is 5.75 Å². The lowest BCUT2D eigenvalue weighted by molar-refractivity contribution is -0.143. The average molecular weight is 235 g/mol. The fourth-order valence-corrected chi connectivity index (χ4v) is 1.83. The Balaban J connectivity index is 1.87. The zero-order chi connectivity index (χ0) is 12.3. The summed E-state index contributed by atoms with van der Waals surface area (Å²) < 4.78 is 5.51.